The third-order valence-electron chi connectivity index (χ3n) is 2.96. The average molecular weight is 181 g/mol. The van der Waals surface area contributed by atoms with Crippen LogP contribution in [0.2, 0.25) is 0 Å². The van der Waals surface area contributed by atoms with Gasteiger partial charge in [-0.3, -0.25) is 0 Å². The van der Waals surface area contributed by atoms with E-state index in [0.29, 0.717) is 12.1 Å². The summed E-state index contributed by atoms with van der Waals surface area (Å²) in [6.45, 7) is 4.28. The molecule has 2 heteroatoms. The first-order valence-corrected chi connectivity index (χ1v) is 5.39. The van der Waals surface area contributed by atoms with Gasteiger partial charge >= 0.3 is 0 Å². The molecule has 2 aliphatic heterocycles. The van der Waals surface area contributed by atoms with Crippen LogP contribution in [0, 0.1) is 0 Å². The predicted octanol–water partition coefficient (Wildman–Crippen LogP) is 1.86. The van der Waals surface area contributed by atoms with Crippen molar-refractivity contribution in [2.24, 2.45) is 0 Å². The largest absolute Gasteiger partial charge is 0.374 e. The molecule has 0 aromatic carbocycles. The number of ether oxygens (including phenoxy) is 1. The van der Waals surface area contributed by atoms with Crippen LogP contribution in [0.25, 0.3) is 0 Å². The Bertz CT molecular complexity index is 184. The second kappa shape index (κ2) is 4.25. The number of piperidine rings is 1. The van der Waals surface area contributed by atoms with Gasteiger partial charge in [0.05, 0.1) is 6.10 Å². The highest BCUT2D eigenvalue weighted by atomic mass is 16.5. The molecule has 0 radical (unpaired) electrons. The molecule has 2 atom stereocenters. The monoisotopic (exact) mass is 181 g/mol. The Morgan fingerprint density at radius 1 is 1.46 bits per heavy atom. The zero-order chi connectivity index (χ0) is 9.10. The van der Waals surface area contributed by atoms with Gasteiger partial charge in [0.1, 0.15) is 0 Å². The van der Waals surface area contributed by atoms with Crippen molar-refractivity contribution in [3.63, 3.8) is 0 Å². The van der Waals surface area contributed by atoms with Crippen LogP contribution in [-0.4, -0.2) is 25.3 Å². The summed E-state index contributed by atoms with van der Waals surface area (Å²) in [5.74, 6) is 0. The zero-order valence-electron chi connectivity index (χ0n) is 8.38. The Labute approximate surface area is 80.4 Å². The van der Waals surface area contributed by atoms with E-state index in [-0.39, 0.29) is 0 Å². The molecule has 0 amide bonds. The van der Waals surface area contributed by atoms with Crippen LogP contribution in [0.3, 0.4) is 0 Å². The predicted molar refractivity (Wildman–Crippen MR) is 53.8 cm³/mol. The van der Waals surface area contributed by atoms with Crippen molar-refractivity contribution < 1.29 is 4.74 Å². The van der Waals surface area contributed by atoms with Gasteiger partial charge in [-0.25, -0.2) is 0 Å². The number of rotatable bonds is 1. The van der Waals surface area contributed by atoms with Crippen molar-refractivity contribution >= 4 is 0 Å². The lowest BCUT2D eigenvalue weighted by molar-refractivity contribution is 0.144. The van der Waals surface area contributed by atoms with E-state index in [0.717, 1.165) is 13.2 Å². The maximum Gasteiger partial charge on any atom is 0.0759 e. The molecule has 2 nitrogen and oxygen atoms in total. The molecular formula is C11H19NO. The number of hydrogen-bond acceptors (Lipinski definition) is 2. The van der Waals surface area contributed by atoms with Gasteiger partial charge in [0, 0.05) is 19.2 Å². The van der Waals surface area contributed by atoms with E-state index in [9.17, 15) is 0 Å². The van der Waals surface area contributed by atoms with Crippen molar-refractivity contribution in [3.8, 4) is 0 Å². The van der Waals surface area contributed by atoms with Crippen LogP contribution in [-0.2, 0) is 4.74 Å². The van der Waals surface area contributed by atoms with Gasteiger partial charge in [0.2, 0.25) is 0 Å². The third-order valence-corrected chi connectivity index (χ3v) is 2.96. The second-order valence-electron chi connectivity index (χ2n) is 4.20. The maximum absolute atomic E-state index is 5.58. The Morgan fingerprint density at radius 3 is 3.00 bits per heavy atom. The third kappa shape index (κ3) is 2.55. The molecule has 0 aromatic rings. The van der Waals surface area contributed by atoms with Gasteiger partial charge in [-0.15, -0.1) is 0 Å². The normalized spacial score (nSPS) is 38.4. The molecule has 0 saturated carbocycles. The molecule has 2 unspecified atom stereocenters. The fourth-order valence-electron chi connectivity index (χ4n) is 2.04. The second-order valence-corrected chi connectivity index (χ2v) is 4.20. The molecule has 1 N–H and O–H groups in total. The van der Waals surface area contributed by atoms with Crippen molar-refractivity contribution in [3.05, 3.63) is 11.6 Å². The molecule has 0 bridgehead atoms. The van der Waals surface area contributed by atoms with Gasteiger partial charge in [-0.2, -0.15) is 0 Å². The minimum absolute atomic E-state index is 0.421. The summed E-state index contributed by atoms with van der Waals surface area (Å²) in [4.78, 5) is 0. The molecule has 2 saturated heterocycles. The van der Waals surface area contributed by atoms with Gasteiger partial charge in [0.15, 0.2) is 0 Å². The van der Waals surface area contributed by atoms with Crippen LogP contribution < -0.4 is 5.32 Å². The summed E-state index contributed by atoms with van der Waals surface area (Å²) < 4.78 is 5.58. The summed E-state index contributed by atoms with van der Waals surface area (Å²) >= 11 is 0. The molecule has 2 heterocycles. The van der Waals surface area contributed by atoms with Crippen LogP contribution >= 0.6 is 0 Å². The van der Waals surface area contributed by atoms with Gasteiger partial charge in [-0.05, 0) is 32.6 Å². The standard InChI is InChI=1S/C11H19NO/c1-9-4-5-10(8-12-9)7-11-3-2-6-13-11/h7,9,11-12H,2-6,8H2,1H3/b10-7-. The highest BCUT2D eigenvalue weighted by Crippen LogP contribution is 2.19. The lowest BCUT2D eigenvalue weighted by atomic mass is 9.99. The van der Waals surface area contributed by atoms with E-state index < -0.39 is 0 Å². The van der Waals surface area contributed by atoms with Crippen molar-refractivity contribution in [2.75, 3.05) is 13.2 Å². The lowest BCUT2D eigenvalue weighted by Crippen LogP contribution is -2.33. The fourth-order valence-corrected chi connectivity index (χ4v) is 2.04. The number of nitrogens with one attached hydrogen (secondary N) is 1. The van der Waals surface area contributed by atoms with Gasteiger partial charge in [0.25, 0.3) is 0 Å². The van der Waals surface area contributed by atoms with E-state index in [4.69, 9.17) is 4.74 Å². The van der Waals surface area contributed by atoms with Gasteiger partial charge in [-0.1, -0.05) is 11.6 Å². The summed E-state index contributed by atoms with van der Waals surface area (Å²) in [7, 11) is 0. The van der Waals surface area contributed by atoms with Gasteiger partial charge < -0.3 is 10.1 Å². The Kier molecular flexibility index (Phi) is 3.01. The first kappa shape index (κ1) is 9.22. The maximum atomic E-state index is 5.58. The van der Waals surface area contributed by atoms with E-state index in [1.54, 1.807) is 5.57 Å². The van der Waals surface area contributed by atoms with Crippen LogP contribution in [0.1, 0.15) is 32.6 Å². The minimum Gasteiger partial charge on any atom is -0.374 e. The molecule has 2 fully saturated rings. The van der Waals surface area contributed by atoms with E-state index in [2.05, 4.69) is 18.3 Å². The summed E-state index contributed by atoms with van der Waals surface area (Å²) in [5.41, 5.74) is 1.55. The van der Waals surface area contributed by atoms with Crippen molar-refractivity contribution in [1.82, 2.24) is 5.32 Å². The van der Waals surface area contributed by atoms with Crippen molar-refractivity contribution in [2.45, 2.75) is 44.8 Å². The Hall–Kier alpha value is -0.340. The first-order chi connectivity index (χ1) is 6.34. The first-order valence-electron chi connectivity index (χ1n) is 5.39. The molecule has 74 valence electrons. The minimum atomic E-state index is 0.421. The molecule has 0 aliphatic carbocycles. The molecule has 0 aromatic heterocycles. The average Bonchev–Trinajstić information content (AvgIpc) is 2.62. The summed E-state index contributed by atoms with van der Waals surface area (Å²) in [6.07, 6.45) is 7.75. The fraction of sp³-hybridized carbons (Fsp3) is 0.818. The smallest absolute Gasteiger partial charge is 0.0759 e. The number of hydrogen-bond donors (Lipinski definition) is 1. The zero-order valence-corrected chi connectivity index (χ0v) is 8.38. The Balaban J connectivity index is 1.85. The quantitative estimate of drug-likeness (QED) is 0.623. The van der Waals surface area contributed by atoms with Crippen LogP contribution in [0.4, 0.5) is 0 Å². The van der Waals surface area contributed by atoms with Crippen LogP contribution in [0.5, 0.6) is 0 Å². The van der Waals surface area contributed by atoms with E-state index in [1.165, 1.54) is 25.7 Å². The molecular weight excluding hydrogens is 162 g/mol. The SMILES string of the molecule is CC1CC/C(=C/C2CCCO2)CN1. The highest BCUT2D eigenvalue weighted by molar-refractivity contribution is 5.10. The molecule has 2 rings (SSSR count). The molecule has 2 aliphatic rings. The molecule has 13 heavy (non-hydrogen) atoms. The Morgan fingerprint density at radius 2 is 2.38 bits per heavy atom. The summed E-state index contributed by atoms with van der Waals surface area (Å²) in [5, 5.41) is 3.48. The topological polar surface area (TPSA) is 21.3 Å². The van der Waals surface area contributed by atoms with Crippen molar-refractivity contribution in [1.29, 1.82) is 0 Å². The van der Waals surface area contributed by atoms with E-state index >= 15 is 0 Å². The summed E-state index contributed by atoms with van der Waals surface area (Å²) in [6, 6.07) is 0.696. The van der Waals surface area contributed by atoms with Crippen LogP contribution in [0.15, 0.2) is 11.6 Å². The lowest BCUT2D eigenvalue weighted by Gasteiger charge is -2.22. The highest BCUT2D eigenvalue weighted by Gasteiger charge is 2.16. The van der Waals surface area contributed by atoms with E-state index in [1.807, 2.05) is 0 Å². The molecule has 0 spiro atoms.